The summed E-state index contributed by atoms with van der Waals surface area (Å²) in [5.41, 5.74) is 2.95. The highest BCUT2D eigenvalue weighted by atomic mass is 32.1. The molecule has 0 radical (unpaired) electrons. The van der Waals surface area contributed by atoms with Crippen LogP contribution in [0.25, 0.3) is 21.6 Å². The molecule has 1 amide bonds. The van der Waals surface area contributed by atoms with E-state index >= 15 is 0 Å². The van der Waals surface area contributed by atoms with Crippen molar-refractivity contribution < 1.29 is 9.53 Å². The first-order valence-electron chi connectivity index (χ1n) is 9.20. The molecule has 0 atom stereocenters. The standard InChI is InChI=1S/C21H19N5O3S/c1-12-7-8-16(29-3)15(10-12)24-17(27)11-26-13(2)23-19-18(14-6-4-5-9-22-14)25-30-20(19)21(26)28/h4-10H,11H2,1-3H3,(H,24,27). The van der Waals surface area contributed by atoms with Crippen LogP contribution in [-0.2, 0) is 11.3 Å². The van der Waals surface area contributed by atoms with Gasteiger partial charge in [0.15, 0.2) is 0 Å². The SMILES string of the molecule is COc1ccc(C)cc1NC(=O)Cn1c(C)nc2c(-c3ccccn3)nsc2c1=O. The Balaban J connectivity index is 1.66. The lowest BCUT2D eigenvalue weighted by atomic mass is 10.2. The van der Waals surface area contributed by atoms with Crippen molar-refractivity contribution in [1.82, 2.24) is 18.9 Å². The number of anilines is 1. The van der Waals surface area contributed by atoms with Crippen molar-refractivity contribution >= 4 is 33.3 Å². The summed E-state index contributed by atoms with van der Waals surface area (Å²) in [6, 6.07) is 11.0. The summed E-state index contributed by atoms with van der Waals surface area (Å²) in [5, 5.41) is 2.81. The fraction of sp³-hybridized carbons (Fsp3) is 0.190. The van der Waals surface area contributed by atoms with Crippen LogP contribution in [-0.4, -0.2) is 31.9 Å². The van der Waals surface area contributed by atoms with Gasteiger partial charge in [0.1, 0.15) is 34.0 Å². The first kappa shape index (κ1) is 19.7. The van der Waals surface area contributed by atoms with E-state index in [1.165, 1.54) is 11.7 Å². The van der Waals surface area contributed by atoms with Gasteiger partial charge in [-0.05, 0) is 55.2 Å². The number of amides is 1. The lowest BCUT2D eigenvalue weighted by Gasteiger charge is -2.13. The van der Waals surface area contributed by atoms with Crippen molar-refractivity contribution in [3.63, 3.8) is 0 Å². The minimum atomic E-state index is -0.347. The third-order valence-electron chi connectivity index (χ3n) is 4.61. The fourth-order valence-corrected chi connectivity index (χ4v) is 3.91. The van der Waals surface area contributed by atoms with Crippen molar-refractivity contribution in [2.75, 3.05) is 12.4 Å². The van der Waals surface area contributed by atoms with Crippen molar-refractivity contribution in [1.29, 1.82) is 0 Å². The largest absolute Gasteiger partial charge is 0.495 e. The Morgan fingerprint density at radius 2 is 2.07 bits per heavy atom. The number of ether oxygens (including phenoxy) is 1. The summed E-state index contributed by atoms with van der Waals surface area (Å²) in [7, 11) is 1.54. The van der Waals surface area contributed by atoms with Crippen LogP contribution in [0.4, 0.5) is 5.69 Å². The third-order valence-corrected chi connectivity index (χ3v) is 5.43. The number of pyridine rings is 1. The van der Waals surface area contributed by atoms with Crippen LogP contribution in [0, 0.1) is 13.8 Å². The summed E-state index contributed by atoms with van der Waals surface area (Å²) in [6.07, 6.45) is 1.67. The first-order valence-corrected chi connectivity index (χ1v) is 9.98. The van der Waals surface area contributed by atoms with Gasteiger partial charge in [-0.15, -0.1) is 0 Å². The molecule has 3 aromatic heterocycles. The molecule has 9 heteroatoms. The van der Waals surface area contributed by atoms with Crippen LogP contribution in [0.5, 0.6) is 5.75 Å². The van der Waals surface area contributed by atoms with Crippen LogP contribution < -0.4 is 15.6 Å². The van der Waals surface area contributed by atoms with Crippen LogP contribution in [0.3, 0.4) is 0 Å². The van der Waals surface area contributed by atoms with E-state index in [4.69, 9.17) is 4.74 Å². The van der Waals surface area contributed by atoms with Gasteiger partial charge in [-0.25, -0.2) is 4.98 Å². The minimum Gasteiger partial charge on any atom is -0.495 e. The molecule has 1 aromatic carbocycles. The molecule has 0 saturated carbocycles. The average molecular weight is 421 g/mol. The summed E-state index contributed by atoms with van der Waals surface area (Å²) in [5.74, 6) is 0.630. The number of benzene rings is 1. The van der Waals surface area contributed by atoms with Gasteiger partial charge in [-0.3, -0.25) is 19.1 Å². The molecule has 0 bridgehead atoms. The number of hydrogen-bond donors (Lipinski definition) is 1. The normalized spacial score (nSPS) is 10.9. The van der Waals surface area contributed by atoms with Gasteiger partial charge in [-0.1, -0.05) is 12.1 Å². The number of rotatable bonds is 5. The molecular weight excluding hydrogens is 402 g/mol. The topological polar surface area (TPSA) is 99.0 Å². The zero-order chi connectivity index (χ0) is 21.3. The fourth-order valence-electron chi connectivity index (χ4n) is 3.13. The molecule has 0 spiro atoms. The highest BCUT2D eigenvalue weighted by Crippen LogP contribution is 2.27. The Bertz CT molecular complexity index is 1300. The average Bonchev–Trinajstić information content (AvgIpc) is 3.16. The maximum Gasteiger partial charge on any atom is 0.273 e. The molecular formula is C21H19N5O3S. The van der Waals surface area contributed by atoms with Crippen LogP contribution >= 0.6 is 11.5 Å². The van der Waals surface area contributed by atoms with Gasteiger partial charge in [0, 0.05) is 6.20 Å². The molecule has 0 aliphatic heterocycles. The van der Waals surface area contributed by atoms with Gasteiger partial charge < -0.3 is 10.1 Å². The van der Waals surface area contributed by atoms with Crippen LogP contribution in [0.15, 0.2) is 47.4 Å². The summed E-state index contributed by atoms with van der Waals surface area (Å²) in [4.78, 5) is 34.5. The number of nitrogens with one attached hydrogen (secondary N) is 1. The van der Waals surface area contributed by atoms with Crippen molar-refractivity contribution in [2.24, 2.45) is 0 Å². The molecule has 0 unspecified atom stereocenters. The van der Waals surface area contributed by atoms with E-state index in [0.717, 1.165) is 17.1 Å². The molecule has 1 N–H and O–H groups in total. The molecule has 152 valence electrons. The lowest BCUT2D eigenvalue weighted by Crippen LogP contribution is -2.29. The van der Waals surface area contributed by atoms with E-state index in [9.17, 15) is 9.59 Å². The Morgan fingerprint density at radius 1 is 1.23 bits per heavy atom. The van der Waals surface area contributed by atoms with Gasteiger partial charge in [-0.2, -0.15) is 4.37 Å². The monoisotopic (exact) mass is 421 g/mol. The maximum absolute atomic E-state index is 13.0. The first-order chi connectivity index (χ1) is 14.5. The number of methoxy groups -OCH3 is 1. The Kier molecular flexibility index (Phi) is 5.28. The Morgan fingerprint density at radius 3 is 2.80 bits per heavy atom. The number of hydrogen-bond acceptors (Lipinski definition) is 7. The van der Waals surface area contributed by atoms with Gasteiger partial charge in [0.05, 0.1) is 18.5 Å². The van der Waals surface area contributed by atoms with E-state index in [1.807, 2.05) is 37.3 Å². The molecule has 3 heterocycles. The number of aryl methyl sites for hydroxylation is 2. The second-order valence-electron chi connectivity index (χ2n) is 6.73. The number of fused-ring (bicyclic) bond motifs is 1. The second-order valence-corrected chi connectivity index (χ2v) is 7.50. The lowest BCUT2D eigenvalue weighted by molar-refractivity contribution is -0.116. The van der Waals surface area contributed by atoms with Gasteiger partial charge in [0.25, 0.3) is 5.56 Å². The van der Waals surface area contributed by atoms with Crippen molar-refractivity contribution in [3.8, 4) is 17.1 Å². The van der Waals surface area contributed by atoms with E-state index < -0.39 is 0 Å². The number of aromatic nitrogens is 4. The second kappa shape index (κ2) is 8.03. The zero-order valence-corrected chi connectivity index (χ0v) is 17.5. The van der Waals surface area contributed by atoms with Crippen LogP contribution in [0.1, 0.15) is 11.4 Å². The minimum absolute atomic E-state index is 0.165. The molecule has 4 rings (SSSR count). The van der Waals surface area contributed by atoms with Crippen molar-refractivity contribution in [2.45, 2.75) is 20.4 Å². The predicted molar refractivity (Wildman–Crippen MR) is 116 cm³/mol. The van der Waals surface area contributed by atoms with Gasteiger partial charge >= 0.3 is 0 Å². The number of carbonyl (C=O) groups is 1. The van der Waals surface area contributed by atoms with E-state index in [1.54, 1.807) is 19.2 Å². The quantitative estimate of drug-likeness (QED) is 0.531. The smallest absolute Gasteiger partial charge is 0.273 e. The predicted octanol–water partition coefficient (Wildman–Crippen LogP) is 3.18. The summed E-state index contributed by atoms with van der Waals surface area (Å²) < 4.78 is 11.4. The summed E-state index contributed by atoms with van der Waals surface area (Å²) >= 11 is 1.06. The molecule has 0 aliphatic carbocycles. The van der Waals surface area contributed by atoms with E-state index in [-0.39, 0.29) is 18.0 Å². The van der Waals surface area contributed by atoms with E-state index in [2.05, 4.69) is 19.7 Å². The molecule has 0 aliphatic rings. The molecule has 0 saturated heterocycles. The number of nitrogens with zero attached hydrogens (tertiary/aromatic N) is 4. The molecule has 4 aromatic rings. The summed E-state index contributed by atoms with van der Waals surface area (Å²) in [6.45, 7) is 3.45. The Labute approximate surface area is 176 Å². The third kappa shape index (κ3) is 3.67. The van der Waals surface area contributed by atoms with Crippen LogP contribution in [0.2, 0.25) is 0 Å². The van der Waals surface area contributed by atoms with E-state index in [0.29, 0.717) is 38.9 Å². The molecule has 30 heavy (non-hydrogen) atoms. The Hall–Kier alpha value is -3.59. The number of carbonyl (C=O) groups excluding carboxylic acids is 1. The molecule has 0 fully saturated rings. The zero-order valence-electron chi connectivity index (χ0n) is 16.7. The highest BCUT2D eigenvalue weighted by molar-refractivity contribution is 7.13. The highest BCUT2D eigenvalue weighted by Gasteiger charge is 2.19. The molecule has 8 nitrogen and oxygen atoms in total. The van der Waals surface area contributed by atoms with Crippen molar-refractivity contribution in [3.05, 3.63) is 64.3 Å². The maximum atomic E-state index is 13.0. The van der Waals surface area contributed by atoms with Gasteiger partial charge in [0.2, 0.25) is 5.91 Å².